The van der Waals surface area contributed by atoms with Gasteiger partial charge in [-0.25, -0.2) is 0 Å². The van der Waals surface area contributed by atoms with Gasteiger partial charge >= 0.3 is 0 Å². The molecule has 3 aromatic carbocycles. The maximum absolute atomic E-state index is 6.16. The normalized spacial score (nSPS) is 17.7. The maximum Gasteiger partial charge on any atom is 0.264 e. The fourth-order valence-corrected chi connectivity index (χ4v) is 4.72. The fraction of sp³-hybridized carbons (Fsp3) is 0.345. The lowest BCUT2D eigenvalue weighted by atomic mass is 9.69. The van der Waals surface area contributed by atoms with Gasteiger partial charge in [-0.1, -0.05) is 48.5 Å². The summed E-state index contributed by atoms with van der Waals surface area (Å²) in [7, 11) is 3.77. The topological polar surface area (TPSA) is 21.7 Å². The summed E-state index contributed by atoms with van der Waals surface area (Å²) in [6, 6.07) is 25.9. The Morgan fingerprint density at radius 3 is 2.18 bits per heavy atom. The van der Waals surface area contributed by atoms with Crippen molar-refractivity contribution in [3.05, 3.63) is 95.1 Å². The van der Waals surface area contributed by atoms with E-state index in [1.54, 1.807) is 4.90 Å². The summed E-state index contributed by atoms with van der Waals surface area (Å²) < 4.78 is 12.0. The Hall–Kier alpha value is -2.85. The molecule has 3 aromatic rings. The SMILES string of the molecule is CN(C)C(=S)Oc1ccc(C2c3ccc(OC(C)(C)C)cc3CCC2c2ccccc2)cc1. The number of fused-ring (bicyclic) bond motifs is 1. The van der Waals surface area contributed by atoms with Crippen LogP contribution in [0.3, 0.4) is 0 Å². The Morgan fingerprint density at radius 1 is 0.879 bits per heavy atom. The summed E-state index contributed by atoms with van der Waals surface area (Å²) in [5.74, 6) is 2.40. The zero-order valence-electron chi connectivity index (χ0n) is 20.2. The smallest absolute Gasteiger partial charge is 0.264 e. The van der Waals surface area contributed by atoms with Crippen LogP contribution in [0.2, 0.25) is 0 Å². The van der Waals surface area contributed by atoms with Crippen molar-refractivity contribution in [1.29, 1.82) is 0 Å². The van der Waals surface area contributed by atoms with Crippen LogP contribution in [0.15, 0.2) is 72.8 Å². The number of ether oxygens (including phenoxy) is 2. The van der Waals surface area contributed by atoms with Gasteiger partial charge < -0.3 is 14.4 Å². The molecule has 0 saturated carbocycles. The third-order valence-electron chi connectivity index (χ3n) is 6.04. The molecule has 0 fully saturated rings. The molecule has 0 N–H and O–H groups in total. The zero-order valence-corrected chi connectivity index (χ0v) is 21.0. The van der Waals surface area contributed by atoms with Crippen molar-refractivity contribution in [3.63, 3.8) is 0 Å². The van der Waals surface area contributed by atoms with Crippen LogP contribution in [0.5, 0.6) is 11.5 Å². The van der Waals surface area contributed by atoms with Crippen molar-refractivity contribution in [1.82, 2.24) is 4.90 Å². The number of hydrogen-bond acceptors (Lipinski definition) is 3. The van der Waals surface area contributed by atoms with Gasteiger partial charge in [0.1, 0.15) is 17.1 Å². The van der Waals surface area contributed by atoms with Crippen molar-refractivity contribution in [3.8, 4) is 11.5 Å². The van der Waals surface area contributed by atoms with Crippen molar-refractivity contribution in [2.45, 2.75) is 51.0 Å². The van der Waals surface area contributed by atoms with Gasteiger partial charge in [-0.05, 0) is 98.3 Å². The van der Waals surface area contributed by atoms with E-state index in [-0.39, 0.29) is 11.5 Å². The quantitative estimate of drug-likeness (QED) is 0.394. The Morgan fingerprint density at radius 2 is 1.55 bits per heavy atom. The van der Waals surface area contributed by atoms with E-state index in [0.717, 1.165) is 24.3 Å². The van der Waals surface area contributed by atoms with E-state index in [4.69, 9.17) is 21.7 Å². The molecule has 0 heterocycles. The lowest BCUT2D eigenvalue weighted by Gasteiger charge is -2.35. The highest BCUT2D eigenvalue weighted by Crippen LogP contribution is 2.47. The van der Waals surface area contributed by atoms with Crippen molar-refractivity contribution < 1.29 is 9.47 Å². The Kier molecular flexibility index (Phi) is 6.76. The molecule has 172 valence electrons. The lowest BCUT2D eigenvalue weighted by molar-refractivity contribution is 0.130. The minimum atomic E-state index is -0.210. The minimum absolute atomic E-state index is 0.210. The highest BCUT2D eigenvalue weighted by Gasteiger charge is 2.32. The number of nitrogens with zero attached hydrogens (tertiary/aromatic N) is 1. The summed E-state index contributed by atoms with van der Waals surface area (Å²) >= 11 is 5.29. The first-order chi connectivity index (χ1) is 15.7. The van der Waals surface area contributed by atoms with Gasteiger partial charge in [0.15, 0.2) is 0 Å². The molecule has 0 bridgehead atoms. The average molecular weight is 460 g/mol. The van der Waals surface area contributed by atoms with Crippen LogP contribution in [0.4, 0.5) is 0 Å². The summed E-state index contributed by atoms with van der Waals surface area (Å²) in [4.78, 5) is 1.79. The first-order valence-electron chi connectivity index (χ1n) is 11.6. The van der Waals surface area contributed by atoms with Crippen LogP contribution in [0.1, 0.15) is 61.3 Å². The molecule has 33 heavy (non-hydrogen) atoms. The molecule has 0 spiro atoms. The highest BCUT2D eigenvalue weighted by molar-refractivity contribution is 7.80. The highest BCUT2D eigenvalue weighted by atomic mass is 32.1. The third kappa shape index (κ3) is 5.56. The number of aryl methyl sites for hydroxylation is 1. The van der Waals surface area contributed by atoms with Crippen LogP contribution >= 0.6 is 12.2 Å². The molecule has 4 rings (SSSR count). The number of hydrogen-bond donors (Lipinski definition) is 0. The van der Waals surface area contributed by atoms with Crippen LogP contribution in [0, 0.1) is 0 Å². The summed E-state index contributed by atoms with van der Waals surface area (Å²) in [5.41, 5.74) is 5.23. The van der Waals surface area contributed by atoms with E-state index in [1.165, 1.54) is 22.3 Å². The number of thiocarbonyl (C=S) groups is 1. The predicted molar refractivity (Wildman–Crippen MR) is 140 cm³/mol. The second-order valence-corrected chi connectivity index (χ2v) is 10.3. The van der Waals surface area contributed by atoms with Crippen LogP contribution in [0.25, 0.3) is 0 Å². The van der Waals surface area contributed by atoms with Crippen LogP contribution in [-0.4, -0.2) is 29.8 Å². The van der Waals surface area contributed by atoms with Gasteiger partial charge in [-0.15, -0.1) is 0 Å². The summed E-state index contributed by atoms with van der Waals surface area (Å²) in [5, 5.41) is 0.458. The average Bonchev–Trinajstić information content (AvgIpc) is 2.78. The molecule has 0 aliphatic heterocycles. The zero-order chi connectivity index (χ0) is 23.6. The first-order valence-corrected chi connectivity index (χ1v) is 12.0. The van der Waals surface area contributed by atoms with Gasteiger partial charge in [0.2, 0.25) is 0 Å². The van der Waals surface area contributed by atoms with Gasteiger partial charge in [-0.3, -0.25) is 0 Å². The number of benzene rings is 3. The molecule has 0 amide bonds. The third-order valence-corrected chi connectivity index (χ3v) is 6.49. The molecule has 2 atom stereocenters. The van der Waals surface area contributed by atoms with E-state index in [1.807, 2.05) is 26.2 Å². The van der Waals surface area contributed by atoms with E-state index >= 15 is 0 Å². The minimum Gasteiger partial charge on any atom is -0.488 e. The van der Waals surface area contributed by atoms with Gasteiger partial charge in [-0.2, -0.15) is 0 Å². The Balaban J connectivity index is 1.71. The van der Waals surface area contributed by atoms with Gasteiger partial charge in [0.25, 0.3) is 5.17 Å². The molecule has 0 saturated heterocycles. The van der Waals surface area contributed by atoms with Crippen molar-refractivity contribution >= 4 is 17.4 Å². The Bertz CT molecular complexity index is 1100. The van der Waals surface area contributed by atoms with Crippen LogP contribution in [-0.2, 0) is 6.42 Å². The van der Waals surface area contributed by atoms with E-state index in [9.17, 15) is 0 Å². The second-order valence-electron chi connectivity index (χ2n) is 9.94. The van der Waals surface area contributed by atoms with Gasteiger partial charge in [0, 0.05) is 20.0 Å². The molecule has 0 aromatic heterocycles. The summed E-state index contributed by atoms with van der Waals surface area (Å²) in [6.45, 7) is 6.27. The van der Waals surface area contributed by atoms with E-state index < -0.39 is 0 Å². The summed E-state index contributed by atoms with van der Waals surface area (Å²) in [6.07, 6.45) is 2.15. The monoisotopic (exact) mass is 459 g/mol. The predicted octanol–water partition coefficient (Wildman–Crippen LogP) is 6.95. The molecular formula is C29H33NO2S. The molecule has 1 aliphatic carbocycles. The maximum atomic E-state index is 6.16. The fourth-order valence-electron chi connectivity index (χ4n) is 4.62. The Labute approximate surface area is 203 Å². The molecule has 1 aliphatic rings. The molecule has 2 unspecified atom stereocenters. The first kappa shape index (κ1) is 23.3. The molecular weight excluding hydrogens is 426 g/mol. The lowest BCUT2D eigenvalue weighted by Crippen LogP contribution is -2.25. The van der Waals surface area contributed by atoms with Crippen molar-refractivity contribution in [2.24, 2.45) is 0 Å². The number of rotatable bonds is 4. The van der Waals surface area contributed by atoms with Crippen LogP contribution < -0.4 is 9.47 Å². The molecule has 3 nitrogen and oxygen atoms in total. The standard InChI is InChI=1S/C29H33NO2S/c1-29(2,3)32-24-16-18-26-22(19-24)13-17-25(20-9-7-6-8-10-20)27(26)21-11-14-23(15-12-21)31-28(33)30(4)5/h6-12,14-16,18-19,25,27H,13,17H2,1-5H3. The van der Waals surface area contributed by atoms with Crippen molar-refractivity contribution in [2.75, 3.05) is 14.1 Å². The molecule has 0 radical (unpaired) electrons. The van der Waals surface area contributed by atoms with E-state index in [2.05, 4.69) is 81.4 Å². The largest absolute Gasteiger partial charge is 0.488 e. The van der Waals surface area contributed by atoms with Gasteiger partial charge in [0.05, 0.1) is 0 Å². The second kappa shape index (κ2) is 9.56. The van der Waals surface area contributed by atoms with E-state index in [0.29, 0.717) is 11.1 Å². The molecule has 4 heteroatoms.